The van der Waals surface area contributed by atoms with Gasteiger partial charge in [-0.15, -0.1) is 11.3 Å². The summed E-state index contributed by atoms with van der Waals surface area (Å²) in [4.78, 5) is 26.0. The number of hydrogen-bond donors (Lipinski definition) is 2. The van der Waals surface area contributed by atoms with Crippen molar-refractivity contribution in [3.8, 4) is 11.1 Å². The first-order valence-corrected chi connectivity index (χ1v) is 10.8. The molecule has 152 valence electrons. The van der Waals surface area contributed by atoms with E-state index < -0.39 is 0 Å². The number of fused-ring (bicyclic) bond motifs is 1. The number of nitrogens with zero attached hydrogens (tertiary/aromatic N) is 5. The van der Waals surface area contributed by atoms with Gasteiger partial charge in [0.1, 0.15) is 5.69 Å². The van der Waals surface area contributed by atoms with Crippen LogP contribution in [0.25, 0.3) is 22.0 Å². The Labute approximate surface area is 177 Å². The molecule has 5 rings (SSSR count). The van der Waals surface area contributed by atoms with Crippen LogP contribution in [0.4, 0.5) is 5.95 Å². The second-order valence-electron chi connectivity index (χ2n) is 7.42. The number of nitrogens with one attached hydrogen (secondary N) is 2. The van der Waals surface area contributed by atoms with E-state index in [9.17, 15) is 4.79 Å². The normalized spacial score (nSPS) is 14.8. The van der Waals surface area contributed by atoms with Gasteiger partial charge < -0.3 is 5.32 Å². The lowest BCUT2D eigenvalue weighted by Gasteiger charge is -2.20. The Hall–Kier alpha value is -3.17. The summed E-state index contributed by atoms with van der Waals surface area (Å²) in [6.07, 6.45) is 7.59. The summed E-state index contributed by atoms with van der Waals surface area (Å²) in [5.74, 6) is 0.419. The van der Waals surface area contributed by atoms with Crippen molar-refractivity contribution >= 4 is 34.1 Å². The molecule has 4 aromatic rings. The van der Waals surface area contributed by atoms with Crippen LogP contribution in [0.2, 0.25) is 0 Å². The molecule has 8 nitrogen and oxygen atoms in total. The van der Waals surface area contributed by atoms with Crippen LogP contribution in [0.3, 0.4) is 0 Å². The molecule has 1 aromatic carbocycles. The Morgan fingerprint density at radius 3 is 2.87 bits per heavy atom. The fourth-order valence-corrected chi connectivity index (χ4v) is 4.62. The van der Waals surface area contributed by atoms with Crippen molar-refractivity contribution in [3.63, 3.8) is 0 Å². The molecule has 0 bridgehead atoms. The van der Waals surface area contributed by atoms with E-state index in [4.69, 9.17) is 0 Å². The highest BCUT2D eigenvalue weighted by atomic mass is 32.1. The van der Waals surface area contributed by atoms with Crippen molar-refractivity contribution in [3.05, 3.63) is 52.9 Å². The number of carbonyl (C=O) groups excluding carboxylic acids is 1. The molecule has 0 aliphatic carbocycles. The van der Waals surface area contributed by atoms with E-state index in [0.29, 0.717) is 11.6 Å². The van der Waals surface area contributed by atoms with E-state index in [1.165, 1.54) is 0 Å². The maximum Gasteiger partial charge on any atom is 0.277 e. The van der Waals surface area contributed by atoms with E-state index in [2.05, 4.69) is 30.7 Å². The number of benzene rings is 1. The highest BCUT2D eigenvalue weighted by Gasteiger charge is 2.20. The third kappa shape index (κ3) is 3.81. The number of amides is 1. The second kappa shape index (κ2) is 7.92. The van der Waals surface area contributed by atoms with E-state index >= 15 is 0 Å². The Bertz CT molecular complexity index is 1210. The molecule has 0 atom stereocenters. The van der Waals surface area contributed by atoms with Crippen LogP contribution in [0, 0.1) is 0 Å². The minimum atomic E-state index is -0.283. The first-order chi connectivity index (χ1) is 14.7. The summed E-state index contributed by atoms with van der Waals surface area (Å²) in [7, 11) is 1.88. The van der Waals surface area contributed by atoms with Gasteiger partial charge in [0.2, 0.25) is 5.95 Å². The number of piperidine rings is 1. The van der Waals surface area contributed by atoms with Gasteiger partial charge in [-0.25, -0.2) is 15.0 Å². The molecule has 9 heteroatoms. The lowest BCUT2D eigenvalue weighted by atomic mass is 9.99. The number of rotatable bonds is 4. The van der Waals surface area contributed by atoms with Gasteiger partial charge in [-0.05, 0) is 37.6 Å². The molecule has 1 fully saturated rings. The summed E-state index contributed by atoms with van der Waals surface area (Å²) in [6, 6.07) is 5.95. The smallest absolute Gasteiger partial charge is 0.277 e. The summed E-state index contributed by atoms with van der Waals surface area (Å²) in [5, 5.41) is 14.1. The van der Waals surface area contributed by atoms with E-state index in [-0.39, 0.29) is 11.9 Å². The maximum atomic E-state index is 12.7. The van der Waals surface area contributed by atoms with E-state index in [1.807, 2.05) is 43.0 Å². The fourth-order valence-electron chi connectivity index (χ4n) is 3.65. The Morgan fingerprint density at radius 2 is 2.07 bits per heavy atom. The molecule has 3 aromatic heterocycles. The minimum Gasteiger partial charge on any atom is -0.317 e. The van der Waals surface area contributed by atoms with Crippen LogP contribution in [0.15, 0.2) is 42.2 Å². The Kier molecular flexibility index (Phi) is 4.97. The topological polar surface area (TPSA) is 97.6 Å². The molecule has 2 N–H and O–H groups in total. The van der Waals surface area contributed by atoms with E-state index in [0.717, 1.165) is 53.0 Å². The van der Waals surface area contributed by atoms with Gasteiger partial charge >= 0.3 is 0 Å². The molecule has 1 aliphatic heterocycles. The number of carbonyl (C=O) groups is 1. The molecule has 1 saturated heterocycles. The van der Waals surface area contributed by atoms with Crippen LogP contribution >= 0.6 is 11.3 Å². The maximum absolute atomic E-state index is 12.7. The van der Waals surface area contributed by atoms with Crippen molar-refractivity contribution in [2.24, 2.45) is 7.05 Å². The molecule has 0 radical (unpaired) electrons. The standard InChI is InChI=1S/C21H21N7OS/c1-28-11-16(10-24-28)14-2-3-15-9-23-21(26-17(15)8-14)27-19(29)18-12-30-20(25-18)13-4-6-22-7-5-13/h2-3,8-13,22H,4-7H2,1H3,(H,23,26,27,29). The number of thiazole rings is 1. The minimum absolute atomic E-state index is 0.271. The number of aryl methyl sites for hydroxylation is 1. The summed E-state index contributed by atoms with van der Waals surface area (Å²) in [6.45, 7) is 2.00. The molecule has 0 spiro atoms. The third-order valence-electron chi connectivity index (χ3n) is 5.29. The van der Waals surface area contributed by atoms with Gasteiger partial charge in [0.25, 0.3) is 5.91 Å². The molecule has 0 saturated carbocycles. The zero-order chi connectivity index (χ0) is 20.5. The lowest BCUT2D eigenvalue weighted by molar-refractivity contribution is 0.102. The first kappa shape index (κ1) is 18.8. The number of hydrogen-bond acceptors (Lipinski definition) is 7. The highest BCUT2D eigenvalue weighted by Crippen LogP contribution is 2.28. The molecular weight excluding hydrogens is 398 g/mol. The van der Waals surface area contributed by atoms with Crippen LogP contribution < -0.4 is 10.6 Å². The van der Waals surface area contributed by atoms with E-state index in [1.54, 1.807) is 22.2 Å². The predicted molar refractivity (Wildman–Crippen MR) is 117 cm³/mol. The van der Waals surface area contributed by atoms with Crippen molar-refractivity contribution in [1.29, 1.82) is 0 Å². The van der Waals surface area contributed by atoms with Crippen molar-refractivity contribution < 1.29 is 4.79 Å². The Morgan fingerprint density at radius 1 is 1.20 bits per heavy atom. The third-order valence-corrected chi connectivity index (χ3v) is 6.30. The first-order valence-electron chi connectivity index (χ1n) is 9.89. The van der Waals surface area contributed by atoms with Gasteiger partial charge in [0.05, 0.1) is 16.7 Å². The SMILES string of the molecule is Cn1cc(-c2ccc3cnc(NC(=O)c4csc(C5CCNCC5)n4)nc3c2)cn1. The van der Waals surface area contributed by atoms with Crippen LogP contribution in [-0.2, 0) is 7.05 Å². The van der Waals surface area contributed by atoms with Crippen molar-refractivity contribution in [2.75, 3.05) is 18.4 Å². The van der Waals surface area contributed by atoms with Gasteiger partial charge in [-0.2, -0.15) is 5.10 Å². The number of aromatic nitrogens is 5. The summed E-state index contributed by atoms with van der Waals surface area (Å²) in [5.41, 5.74) is 3.20. The quantitative estimate of drug-likeness (QED) is 0.527. The van der Waals surface area contributed by atoms with Gasteiger partial charge in [-0.3, -0.25) is 14.8 Å². The Balaban J connectivity index is 1.35. The lowest BCUT2D eigenvalue weighted by Crippen LogP contribution is -2.26. The van der Waals surface area contributed by atoms with Gasteiger partial charge in [-0.1, -0.05) is 12.1 Å². The van der Waals surface area contributed by atoms with Crippen LogP contribution in [0.5, 0.6) is 0 Å². The van der Waals surface area contributed by atoms with Gasteiger partial charge in [0, 0.05) is 41.7 Å². The highest BCUT2D eigenvalue weighted by molar-refractivity contribution is 7.10. The van der Waals surface area contributed by atoms with Crippen LogP contribution in [-0.4, -0.2) is 43.7 Å². The molecule has 1 amide bonds. The van der Waals surface area contributed by atoms with Gasteiger partial charge in [0.15, 0.2) is 0 Å². The second-order valence-corrected chi connectivity index (χ2v) is 8.31. The predicted octanol–water partition coefficient (Wildman–Crippen LogP) is 3.21. The average Bonchev–Trinajstić information content (AvgIpc) is 3.43. The van der Waals surface area contributed by atoms with Crippen molar-refractivity contribution in [1.82, 2.24) is 30.0 Å². The monoisotopic (exact) mass is 419 g/mol. The largest absolute Gasteiger partial charge is 0.317 e. The van der Waals surface area contributed by atoms with Crippen molar-refractivity contribution in [2.45, 2.75) is 18.8 Å². The number of anilines is 1. The molecule has 1 aliphatic rings. The summed E-state index contributed by atoms with van der Waals surface area (Å²) < 4.78 is 1.76. The summed E-state index contributed by atoms with van der Waals surface area (Å²) >= 11 is 1.55. The molecule has 0 unspecified atom stereocenters. The zero-order valence-electron chi connectivity index (χ0n) is 16.5. The molecule has 4 heterocycles. The molecule has 30 heavy (non-hydrogen) atoms. The fraction of sp³-hybridized carbons (Fsp3) is 0.286. The van der Waals surface area contributed by atoms with Crippen LogP contribution in [0.1, 0.15) is 34.3 Å². The zero-order valence-corrected chi connectivity index (χ0v) is 17.3. The average molecular weight is 420 g/mol. The molecular formula is C21H21N7OS.